The molecule has 1 aliphatic carbocycles. The molecule has 1 heterocycles. The Balaban J connectivity index is 2.17. The van der Waals surface area contributed by atoms with Gasteiger partial charge in [-0.2, -0.15) is 0 Å². The second-order valence-electron chi connectivity index (χ2n) is 3.41. The third-order valence-corrected chi connectivity index (χ3v) is 2.61. The van der Waals surface area contributed by atoms with Crippen LogP contribution in [0.2, 0.25) is 0 Å². The smallest absolute Gasteiger partial charge is 0.132 e. The second kappa shape index (κ2) is 3.92. The van der Waals surface area contributed by atoms with E-state index in [0.717, 1.165) is 24.2 Å². The summed E-state index contributed by atoms with van der Waals surface area (Å²) in [6.45, 7) is 0. The molecule has 74 valence electrons. The molecule has 0 radical (unpaired) electrons. The van der Waals surface area contributed by atoms with E-state index in [-0.39, 0.29) is 0 Å². The zero-order valence-corrected chi connectivity index (χ0v) is 8.59. The van der Waals surface area contributed by atoms with E-state index in [1.165, 1.54) is 6.42 Å². The summed E-state index contributed by atoms with van der Waals surface area (Å²) in [6, 6.07) is 1.81. The number of nitrogens with two attached hydrogens (primary N) is 1. The molecular weight excluding hydrogens is 196 g/mol. The van der Waals surface area contributed by atoms with Gasteiger partial charge in [0.05, 0.1) is 11.7 Å². The SMILES string of the molecule is NC(=S)c1cnccc1OC1CCC1. The number of hydrogen-bond donors (Lipinski definition) is 1. The average Bonchev–Trinajstić information content (AvgIpc) is 2.12. The fourth-order valence-electron chi connectivity index (χ4n) is 1.34. The van der Waals surface area contributed by atoms with Crippen molar-refractivity contribution < 1.29 is 4.74 Å². The summed E-state index contributed by atoms with van der Waals surface area (Å²) in [5.41, 5.74) is 6.29. The molecule has 2 rings (SSSR count). The maximum Gasteiger partial charge on any atom is 0.132 e. The first kappa shape index (κ1) is 9.40. The number of nitrogens with zero attached hydrogens (tertiary/aromatic N) is 1. The molecule has 0 spiro atoms. The van der Waals surface area contributed by atoms with Crippen LogP contribution in [0.5, 0.6) is 5.75 Å². The molecule has 0 bridgehead atoms. The molecule has 1 aromatic heterocycles. The summed E-state index contributed by atoms with van der Waals surface area (Å²) < 4.78 is 5.74. The van der Waals surface area contributed by atoms with Crippen LogP contribution in [-0.2, 0) is 0 Å². The molecule has 3 nitrogen and oxygen atoms in total. The van der Waals surface area contributed by atoms with E-state index >= 15 is 0 Å². The summed E-state index contributed by atoms with van der Waals surface area (Å²) in [7, 11) is 0. The monoisotopic (exact) mass is 208 g/mol. The first-order chi connectivity index (χ1) is 6.77. The Labute approximate surface area is 88.3 Å². The minimum absolute atomic E-state index is 0.338. The third kappa shape index (κ3) is 1.85. The highest BCUT2D eigenvalue weighted by molar-refractivity contribution is 7.80. The van der Waals surface area contributed by atoms with E-state index in [4.69, 9.17) is 22.7 Å². The van der Waals surface area contributed by atoms with Crippen molar-refractivity contribution in [3.05, 3.63) is 24.0 Å². The molecule has 1 saturated carbocycles. The van der Waals surface area contributed by atoms with Crippen molar-refractivity contribution in [2.75, 3.05) is 0 Å². The van der Waals surface area contributed by atoms with Gasteiger partial charge in [-0.15, -0.1) is 0 Å². The Morgan fingerprint density at radius 1 is 1.57 bits per heavy atom. The standard InChI is InChI=1S/C10H12N2OS/c11-10(14)8-6-12-5-4-9(8)13-7-2-1-3-7/h4-7H,1-3H2,(H2,11,14). The Morgan fingerprint density at radius 3 is 2.93 bits per heavy atom. The lowest BCUT2D eigenvalue weighted by Crippen LogP contribution is -2.26. The van der Waals surface area contributed by atoms with Crippen molar-refractivity contribution in [1.29, 1.82) is 0 Å². The van der Waals surface area contributed by atoms with Crippen LogP contribution >= 0.6 is 12.2 Å². The Bertz CT molecular complexity index is 350. The predicted molar refractivity (Wildman–Crippen MR) is 58.4 cm³/mol. The van der Waals surface area contributed by atoms with E-state index in [1.807, 2.05) is 6.07 Å². The molecule has 1 aliphatic rings. The summed E-state index contributed by atoms with van der Waals surface area (Å²) in [5.74, 6) is 0.761. The van der Waals surface area contributed by atoms with Gasteiger partial charge >= 0.3 is 0 Å². The zero-order chi connectivity index (χ0) is 9.97. The van der Waals surface area contributed by atoms with Crippen LogP contribution in [0, 0.1) is 0 Å². The fourth-order valence-corrected chi connectivity index (χ4v) is 1.49. The van der Waals surface area contributed by atoms with Gasteiger partial charge in [-0.05, 0) is 25.3 Å². The van der Waals surface area contributed by atoms with Gasteiger partial charge in [-0.1, -0.05) is 12.2 Å². The van der Waals surface area contributed by atoms with Crippen molar-refractivity contribution in [2.45, 2.75) is 25.4 Å². The van der Waals surface area contributed by atoms with Gasteiger partial charge in [-0.25, -0.2) is 0 Å². The minimum atomic E-state index is 0.338. The molecule has 0 amide bonds. The van der Waals surface area contributed by atoms with Gasteiger partial charge in [0.2, 0.25) is 0 Å². The average molecular weight is 208 g/mol. The Morgan fingerprint density at radius 2 is 2.36 bits per heavy atom. The maximum absolute atomic E-state index is 5.74. The number of aromatic nitrogens is 1. The molecule has 1 aromatic rings. The summed E-state index contributed by atoms with van der Waals surface area (Å²) in [5, 5.41) is 0. The van der Waals surface area contributed by atoms with E-state index in [9.17, 15) is 0 Å². The van der Waals surface area contributed by atoms with Crippen molar-refractivity contribution in [1.82, 2.24) is 4.98 Å². The van der Waals surface area contributed by atoms with Crippen LogP contribution in [0.15, 0.2) is 18.5 Å². The molecule has 1 fully saturated rings. The lowest BCUT2D eigenvalue weighted by atomic mass is 9.96. The maximum atomic E-state index is 5.74. The van der Waals surface area contributed by atoms with Crippen LogP contribution in [-0.4, -0.2) is 16.1 Å². The fraction of sp³-hybridized carbons (Fsp3) is 0.400. The Hall–Kier alpha value is -1.16. The number of thiocarbonyl (C=S) groups is 1. The third-order valence-electron chi connectivity index (χ3n) is 2.39. The minimum Gasteiger partial charge on any atom is -0.490 e. The van der Waals surface area contributed by atoms with Gasteiger partial charge < -0.3 is 10.5 Å². The molecule has 0 aromatic carbocycles. The number of ether oxygens (including phenoxy) is 1. The highest BCUT2D eigenvalue weighted by Gasteiger charge is 2.20. The predicted octanol–water partition coefficient (Wildman–Crippen LogP) is 1.65. The van der Waals surface area contributed by atoms with Crippen molar-refractivity contribution in [3.8, 4) is 5.75 Å². The van der Waals surface area contributed by atoms with Gasteiger partial charge in [-0.3, -0.25) is 4.98 Å². The van der Waals surface area contributed by atoms with Gasteiger partial charge in [0.15, 0.2) is 0 Å². The van der Waals surface area contributed by atoms with E-state index in [1.54, 1.807) is 12.4 Å². The van der Waals surface area contributed by atoms with Crippen LogP contribution < -0.4 is 10.5 Å². The highest BCUT2D eigenvalue weighted by atomic mass is 32.1. The van der Waals surface area contributed by atoms with Crippen LogP contribution in [0.25, 0.3) is 0 Å². The first-order valence-corrected chi connectivity index (χ1v) is 5.08. The second-order valence-corrected chi connectivity index (χ2v) is 3.85. The molecule has 0 aliphatic heterocycles. The largest absolute Gasteiger partial charge is 0.490 e. The van der Waals surface area contributed by atoms with Gasteiger partial charge in [0.1, 0.15) is 10.7 Å². The number of hydrogen-bond acceptors (Lipinski definition) is 3. The van der Waals surface area contributed by atoms with Crippen molar-refractivity contribution in [2.24, 2.45) is 5.73 Å². The molecule has 0 saturated heterocycles. The van der Waals surface area contributed by atoms with E-state index in [2.05, 4.69) is 4.98 Å². The summed E-state index contributed by atoms with van der Waals surface area (Å²) in [6.07, 6.45) is 7.17. The molecule has 0 atom stereocenters. The van der Waals surface area contributed by atoms with Crippen LogP contribution in [0.4, 0.5) is 0 Å². The molecule has 4 heteroatoms. The quantitative estimate of drug-likeness (QED) is 0.767. The van der Waals surface area contributed by atoms with Gasteiger partial charge in [0, 0.05) is 12.4 Å². The van der Waals surface area contributed by atoms with Crippen molar-refractivity contribution >= 4 is 17.2 Å². The van der Waals surface area contributed by atoms with Crippen LogP contribution in [0.3, 0.4) is 0 Å². The first-order valence-electron chi connectivity index (χ1n) is 4.68. The molecule has 14 heavy (non-hydrogen) atoms. The zero-order valence-electron chi connectivity index (χ0n) is 7.77. The van der Waals surface area contributed by atoms with E-state index < -0.39 is 0 Å². The highest BCUT2D eigenvalue weighted by Crippen LogP contribution is 2.26. The molecule has 2 N–H and O–H groups in total. The van der Waals surface area contributed by atoms with Crippen molar-refractivity contribution in [3.63, 3.8) is 0 Å². The normalized spacial score (nSPS) is 16.0. The Kier molecular flexibility index (Phi) is 2.63. The van der Waals surface area contributed by atoms with E-state index in [0.29, 0.717) is 11.1 Å². The lowest BCUT2D eigenvalue weighted by Gasteiger charge is -2.27. The lowest BCUT2D eigenvalue weighted by molar-refractivity contribution is 0.120. The van der Waals surface area contributed by atoms with Gasteiger partial charge in [0.25, 0.3) is 0 Å². The van der Waals surface area contributed by atoms with Crippen LogP contribution in [0.1, 0.15) is 24.8 Å². The summed E-state index contributed by atoms with van der Waals surface area (Å²) in [4.78, 5) is 4.31. The summed E-state index contributed by atoms with van der Waals surface area (Å²) >= 11 is 4.91. The number of pyridine rings is 1. The molecule has 0 unspecified atom stereocenters. The topological polar surface area (TPSA) is 48.1 Å². The molecular formula is C10H12N2OS. The number of rotatable bonds is 3.